The Kier molecular flexibility index (Phi) is 10.6. The van der Waals surface area contributed by atoms with Gasteiger partial charge in [-0.05, 0) is 170 Å². The molecule has 7 rings (SSSR count). The molecule has 1 heterocycles. The highest BCUT2D eigenvalue weighted by molar-refractivity contribution is 7.91. The van der Waals surface area contributed by atoms with Gasteiger partial charge in [0.25, 0.3) is 0 Å². The number of sulfone groups is 1. The second-order valence-corrected chi connectivity index (χ2v) is 24.2. The van der Waals surface area contributed by atoms with Gasteiger partial charge in [0.15, 0.2) is 9.84 Å². The molecule has 6 nitrogen and oxygen atoms in total. The smallest absolute Gasteiger partial charge is 0.312 e. The average molecular weight is 771 g/mol. The number of nitrogens with zero attached hydrogens (tertiary/aromatic N) is 1. The van der Waals surface area contributed by atoms with Crippen LogP contribution in [-0.2, 0) is 14.6 Å². The van der Waals surface area contributed by atoms with E-state index in [1.165, 1.54) is 62.5 Å². The van der Waals surface area contributed by atoms with Gasteiger partial charge in [0.05, 0.1) is 16.9 Å². The third-order valence-electron chi connectivity index (χ3n) is 19.2. The molecule has 1 aliphatic heterocycles. The lowest BCUT2D eigenvalue weighted by atomic mass is 9.29. The van der Waals surface area contributed by atoms with Gasteiger partial charge in [-0.2, -0.15) is 0 Å². The Morgan fingerprint density at radius 2 is 1.59 bits per heavy atom. The zero-order valence-corrected chi connectivity index (χ0v) is 36.1. The fourth-order valence-corrected chi connectivity index (χ4v) is 17.1. The van der Waals surface area contributed by atoms with E-state index in [4.69, 9.17) is 0 Å². The minimum absolute atomic E-state index is 0.00591. The molecule has 0 aromatic heterocycles. The van der Waals surface area contributed by atoms with Gasteiger partial charge < -0.3 is 15.3 Å². The molecule has 54 heavy (non-hydrogen) atoms. The first-order valence-corrected chi connectivity index (χ1v) is 23.9. The standard InChI is InChI=1S/C46H75FN2O4S/c1-32(2)34-12-21-46(31-48-24-9-25-49-26-28-54(52,53)29-27-49)23-22-44(8)42(6)17-14-36-40(3,4)35(33-10-19-45(30-47,20-11-33)39(50)51)13-16-41(36,5)37(42)15-18-43(44,7)38(34)46/h10,13,32,34,36-38,48H,9,11-12,14-31H2,1-8H3,(H,50,51)/t34-,36-,37+,38+,41-,42+,43+,44-,45+,46+/m0/s1. The molecule has 5 fully saturated rings. The molecular formula is C46H75FN2O4S. The molecule has 0 aromatic carbocycles. The molecule has 7 aliphatic rings. The molecule has 4 saturated carbocycles. The summed E-state index contributed by atoms with van der Waals surface area (Å²) in [5.41, 5.74) is 2.83. The van der Waals surface area contributed by atoms with Crippen LogP contribution in [0.1, 0.15) is 139 Å². The predicted molar refractivity (Wildman–Crippen MR) is 218 cm³/mol. The van der Waals surface area contributed by atoms with E-state index < -0.39 is 27.9 Å². The van der Waals surface area contributed by atoms with Crippen LogP contribution in [0.25, 0.3) is 0 Å². The molecule has 0 unspecified atom stereocenters. The number of hydrogen-bond acceptors (Lipinski definition) is 5. The monoisotopic (exact) mass is 771 g/mol. The first kappa shape index (κ1) is 40.9. The molecule has 0 radical (unpaired) electrons. The largest absolute Gasteiger partial charge is 0.481 e. The van der Waals surface area contributed by atoms with Crippen LogP contribution in [0.3, 0.4) is 0 Å². The summed E-state index contributed by atoms with van der Waals surface area (Å²) in [6.07, 6.45) is 18.7. The summed E-state index contributed by atoms with van der Waals surface area (Å²) in [5, 5.41) is 13.9. The van der Waals surface area contributed by atoms with E-state index >= 15 is 0 Å². The lowest BCUT2D eigenvalue weighted by Crippen LogP contribution is -2.69. The van der Waals surface area contributed by atoms with Crippen molar-refractivity contribution in [3.63, 3.8) is 0 Å². The van der Waals surface area contributed by atoms with Gasteiger partial charge in [-0.3, -0.25) is 4.79 Å². The van der Waals surface area contributed by atoms with Crippen molar-refractivity contribution in [2.24, 2.45) is 67.5 Å². The molecule has 0 bridgehead atoms. The lowest BCUT2D eigenvalue weighted by Gasteiger charge is -2.76. The highest BCUT2D eigenvalue weighted by Gasteiger charge is 2.74. The zero-order valence-electron chi connectivity index (χ0n) is 35.3. The van der Waals surface area contributed by atoms with Crippen LogP contribution < -0.4 is 5.32 Å². The van der Waals surface area contributed by atoms with Crippen molar-refractivity contribution in [3.8, 4) is 0 Å². The number of carboxylic acids is 1. The normalized spacial score (nSPS) is 45.7. The van der Waals surface area contributed by atoms with E-state index in [9.17, 15) is 22.7 Å². The molecule has 8 heteroatoms. The van der Waals surface area contributed by atoms with Crippen molar-refractivity contribution in [2.45, 2.75) is 139 Å². The number of hydrogen-bond donors (Lipinski definition) is 2. The fraction of sp³-hybridized carbons (Fsp3) is 0.891. The van der Waals surface area contributed by atoms with Crippen LogP contribution in [0.5, 0.6) is 0 Å². The topological polar surface area (TPSA) is 86.7 Å². The Hall–Kier alpha value is -1.25. The van der Waals surface area contributed by atoms with Crippen molar-refractivity contribution in [1.82, 2.24) is 10.2 Å². The number of halogens is 1. The Labute approximate surface area is 328 Å². The second kappa shape index (κ2) is 13.9. The molecule has 306 valence electrons. The minimum Gasteiger partial charge on any atom is -0.481 e. The summed E-state index contributed by atoms with van der Waals surface area (Å²) in [7, 11) is -2.84. The van der Waals surface area contributed by atoms with Gasteiger partial charge in [0, 0.05) is 19.6 Å². The molecule has 1 saturated heterocycles. The first-order chi connectivity index (χ1) is 25.2. The van der Waals surface area contributed by atoms with E-state index in [1.807, 2.05) is 0 Å². The van der Waals surface area contributed by atoms with Crippen LogP contribution >= 0.6 is 0 Å². The van der Waals surface area contributed by atoms with Gasteiger partial charge in [0.1, 0.15) is 6.67 Å². The lowest BCUT2D eigenvalue weighted by molar-refractivity contribution is -0.266. The van der Waals surface area contributed by atoms with Crippen molar-refractivity contribution < 1.29 is 22.7 Å². The van der Waals surface area contributed by atoms with Crippen molar-refractivity contribution in [2.75, 3.05) is 50.9 Å². The number of allylic oxidation sites excluding steroid dienone is 4. The SMILES string of the molecule is CC(C)[C@@H]1CC[C@]2(CNCCCN3CCS(=O)(=O)CC3)CC[C@@]3(C)[C@]4(C)CC[C@H]5C(C)(C)C(C6=CC[C@@](CF)(C(=O)O)CC6)=CC[C@]5(C)[C@H]4CC[C@]3(C)[C@@H]12. The number of rotatable bonds is 10. The molecule has 0 aromatic rings. The Morgan fingerprint density at radius 1 is 0.907 bits per heavy atom. The van der Waals surface area contributed by atoms with Crippen molar-refractivity contribution in [3.05, 3.63) is 23.3 Å². The third-order valence-corrected chi connectivity index (χ3v) is 20.8. The van der Waals surface area contributed by atoms with Gasteiger partial charge >= 0.3 is 5.97 Å². The summed E-state index contributed by atoms with van der Waals surface area (Å²) >= 11 is 0. The highest BCUT2D eigenvalue weighted by Crippen LogP contribution is 2.81. The van der Waals surface area contributed by atoms with E-state index in [0.29, 0.717) is 67.0 Å². The van der Waals surface area contributed by atoms with E-state index in [-0.39, 0.29) is 27.1 Å². The van der Waals surface area contributed by atoms with Crippen LogP contribution in [-0.4, -0.2) is 75.3 Å². The summed E-state index contributed by atoms with van der Waals surface area (Å²) in [6, 6.07) is 0. The molecule has 2 N–H and O–H groups in total. The van der Waals surface area contributed by atoms with E-state index in [1.54, 1.807) is 0 Å². The van der Waals surface area contributed by atoms with Gasteiger partial charge in [0.2, 0.25) is 0 Å². The first-order valence-electron chi connectivity index (χ1n) is 22.1. The van der Waals surface area contributed by atoms with Crippen molar-refractivity contribution >= 4 is 15.8 Å². The highest BCUT2D eigenvalue weighted by atomic mass is 32.2. The third kappa shape index (κ3) is 6.08. The van der Waals surface area contributed by atoms with E-state index in [2.05, 4.69) is 77.8 Å². The average Bonchev–Trinajstić information content (AvgIpc) is 3.51. The summed E-state index contributed by atoms with van der Waals surface area (Å²) in [6.45, 7) is 24.5. The predicted octanol–water partition coefficient (Wildman–Crippen LogP) is 9.51. The summed E-state index contributed by atoms with van der Waals surface area (Å²) < 4.78 is 37.9. The number of carboxylic acid groups (broad SMARTS) is 1. The zero-order chi connectivity index (χ0) is 39.2. The fourth-order valence-electron chi connectivity index (χ4n) is 15.9. The Bertz CT molecular complexity index is 1630. The van der Waals surface area contributed by atoms with Gasteiger partial charge in [-0.25, -0.2) is 12.8 Å². The minimum atomic E-state index is -2.84. The van der Waals surface area contributed by atoms with Crippen LogP contribution in [0.15, 0.2) is 23.3 Å². The van der Waals surface area contributed by atoms with Crippen molar-refractivity contribution in [1.29, 1.82) is 0 Å². The summed E-state index contributed by atoms with van der Waals surface area (Å²) in [5.74, 6) is 3.04. The van der Waals surface area contributed by atoms with Gasteiger partial charge in [-0.15, -0.1) is 0 Å². The molecule has 0 amide bonds. The van der Waals surface area contributed by atoms with Gasteiger partial charge in [-0.1, -0.05) is 67.5 Å². The number of fused-ring (bicyclic) bond motifs is 7. The Balaban J connectivity index is 1.11. The summed E-state index contributed by atoms with van der Waals surface area (Å²) in [4.78, 5) is 14.4. The van der Waals surface area contributed by atoms with Crippen LogP contribution in [0, 0.1) is 67.5 Å². The molecule has 6 aliphatic carbocycles. The maximum Gasteiger partial charge on any atom is 0.312 e. The van der Waals surface area contributed by atoms with Crippen LogP contribution in [0.4, 0.5) is 4.39 Å². The molecule has 0 spiro atoms. The maximum absolute atomic E-state index is 14.0. The number of alkyl halides is 1. The van der Waals surface area contributed by atoms with Crippen LogP contribution in [0.2, 0.25) is 0 Å². The molecule has 10 atom stereocenters. The Morgan fingerprint density at radius 3 is 2.22 bits per heavy atom. The second-order valence-electron chi connectivity index (χ2n) is 21.9. The number of carbonyl (C=O) groups is 1. The maximum atomic E-state index is 14.0. The molecular weight excluding hydrogens is 696 g/mol. The number of nitrogens with one attached hydrogen (secondary N) is 1. The van der Waals surface area contributed by atoms with E-state index in [0.717, 1.165) is 44.3 Å². The quantitative estimate of drug-likeness (QED) is 0.215. The number of aliphatic carboxylic acids is 1.